The number of rotatable bonds is 4. The lowest BCUT2D eigenvalue weighted by Crippen LogP contribution is -2.25. The normalized spacial score (nSPS) is 15.3. The molecule has 1 atom stereocenters. The molecular formula is C25H20ClN3O2. The number of aromatic nitrogens is 2. The van der Waals surface area contributed by atoms with Gasteiger partial charge in [0.25, 0.3) is 0 Å². The number of fused-ring (bicyclic) bond motifs is 1. The maximum absolute atomic E-state index is 12.8. The fourth-order valence-corrected chi connectivity index (χ4v) is 4.27. The van der Waals surface area contributed by atoms with E-state index in [1.807, 2.05) is 78.9 Å². The van der Waals surface area contributed by atoms with Crippen molar-refractivity contribution in [2.24, 2.45) is 0 Å². The molecule has 1 aliphatic heterocycles. The van der Waals surface area contributed by atoms with Crippen molar-refractivity contribution in [1.29, 1.82) is 0 Å². The van der Waals surface area contributed by atoms with Gasteiger partial charge < -0.3 is 10.1 Å². The fraction of sp³-hybridized carbons (Fsp3) is 0.120. The molecule has 0 spiro atoms. The first kappa shape index (κ1) is 19.4. The summed E-state index contributed by atoms with van der Waals surface area (Å²) in [6.07, 6.45) is 0.314. The second-order valence-corrected chi connectivity index (χ2v) is 7.85. The van der Waals surface area contributed by atoms with Crippen LogP contribution >= 0.6 is 11.6 Å². The number of nitrogens with zero attached hydrogens (tertiary/aromatic N) is 2. The average Bonchev–Trinajstić information content (AvgIpc) is 3.19. The van der Waals surface area contributed by atoms with Crippen LogP contribution in [-0.4, -0.2) is 22.8 Å². The Balaban J connectivity index is 1.79. The van der Waals surface area contributed by atoms with Gasteiger partial charge in [-0.2, -0.15) is 5.10 Å². The van der Waals surface area contributed by atoms with Gasteiger partial charge >= 0.3 is 0 Å². The number of nitrogens with one attached hydrogen (secondary N) is 1. The highest BCUT2D eigenvalue weighted by Gasteiger charge is 2.35. The van der Waals surface area contributed by atoms with Gasteiger partial charge in [-0.3, -0.25) is 4.79 Å². The van der Waals surface area contributed by atoms with Gasteiger partial charge in [-0.25, -0.2) is 4.68 Å². The van der Waals surface area contributed by atoms with Crippen LogP contribution in [0.15, 0.2) is 78.9 Å². The molecule has 154 valence electrons. The third-order valence-corrected chi connectivity index (χ3v) is 5.80. The van der Waals surface area contributed by atoms with Crippen LogP contribution in [0.4, 0.5) is 5.82 Å². The molecule has 0 aliphatic carbocycles. The Labute approximate surface area is 185 Å². The summed E-state index contributed by atoms with van der Waals surface area (Å²) in [7, 11) is 1.65. The number of carbonyl (C=O) groups excluding carboxylic acids is 1. The van der Waals surface area contributed by atoms with Gasteiger partial charge in [0.1, 0.15) is 11.6 Å². The molecule has 0 fully saturated rings. The number of hydrogen-bond acceptors (Lipinski definition) is 3. The molecule has 5 rings (SSSR count). The number of hydrogen-bond donors (Lipinski definition) is 1. The third-order valence-electron chi connectivity index (χ3n) is 5.55. The van der Waals surface area contributed by atoms with Crippen molar-refractivity contribution in [1.82, 2.24) is 9.78 Å². The first-order valence-corrected chi connectivity index (χ1v) is 10.4. The van der Waals surface area contributed by atoms with E-state index in [0.29, 0.717) is 17.3 Å². The summed E-state index contributed by atoms with van der Waals surface area (Å²) in [5.41, 5.74) is 4.55. The summed E-state index contributed by atoms with van der Waals surface area (Å²) in [5.74, 6) is 1.19. The van der Waals surface area contributed by atoms with E-state index in [1.54, 1.807) is 11.8 Å². The molecule has 2 heterocycles. The summed E-state index contributed by atoms with van der Waals surface area (Å²) >= 11 is 6.13. The largest absolute Gasteiger partial charge is 0.496 e. The van der Waals surface area contributed by atoms with Gasteiger partial charge in [-0.15, -0.1) is 0 Å². The summed E-state index contributed by atoms with van der Waals surface area (Å²) in [6.45, 7) is 0. The SMILES string of the molecule is COc1ccccc1[C@H]1CC(=O)Nc2c1c(-c1ccc(Cl)cc1)nn2-c1ccccc1. The first-order chi connectivity index (χ1) is 15.2. The minimum absolute atomic E-state index is 0.0526. The molecule has 0 radical (unpaired) electrons. The molecule has 4 aromatic rings. The van der Waals surface area contributed by atoms with Crippen molar-refractivity contribution in [3.8, 4) is 22.7 Å². The topological polar surface area (TPSA) is 56.1 Å². The van der Waals surface area contributed by atoms with Gasteiger partial charge in [0.2, 0.25) is 5.91 Å². The van der Waals surface area contributed by atoms with E-state index in [2.05, 4.69) is 5.32 Å². The Hall–Kier alpha value is -3.57. The fourth-order valence-electron chi connectivity index (χ4n) is 4.15. The van der Waals surface area contributed by atoms with Crippen molar-refractivity contribution in [2.45, 2.75) is 12.3 Å². The van der Waals surface area contributed by atoms with Crippen molar-refractivity contribution in [3.05, 3.63) is 95.0 Å². The highest BCUT2D eigenvalue weighted by atomic mass is 35.5. The van der Waals surface area contributed by atoms with E-state index in [4.69, 9.17) is 21.4 Å². The van der Waals surface area contributed by atoms with E-state index in [9.17, 15) is 4.79 Å². The second-order valence-electron chi connectivity index (χ2n) is 7.41. The lowest BCUT2D eigenvalue weighted by atomic mass is 9.84. The van der Waals surface area contributed by atoms with E-state index in [1.165, 1.54) is 0 Å². The van der Waals surface area contributed by atoms with Crippen LogP contribution in [0, 0.1) is 0 Å². The van der Waals surface area contributed by atoms with Crippen LogP contribution in [0.5, 0.6) is 5.75 Å². The molecule has 1 N–H and O–H groups in total. The minimum Gasteiger partial charge on any atom is -0.496 e. The summed E-state index contributed by atoms with van der Waals surface area (Å²) < 4.78 is 7.43. The zero-order valence-electron chi connectivity index (χ0n) is 16.9. The summed E-state index contributed by atoms with van der Waals surface area (Å²) in [4.78, 5) is 12.8. The van der Waals surface area contributed by atoms with Gasteiger partial charge in [-0.05, 0) is 30.3 Å². The second kappa shape index (κ2) is 7.93. The molecule has 0 unspecified atom stereocenters. The van der Waals surface area contributed by atoms with Crippen LogP contribution in [0.1, 0.15) is 23.5 Å². The highest BCUT2D eigenvalue weighted by Crippen LogP contribution is 2.46. The van der Waals surface area contributed by atoms with E-state index in [-0.39, 0.29) is 11.8 Å². The summed E-state index contributed by atoms with van der Waals surface area (Å²) in [6, 6.07) is 25.2. The maximum atomic E-state index is 12.8. The van der Waals surface area contributed by atoms with Crippen LogP contribution in [0.25, 0.3) is 16.9 Å². The zero-order valence-corrected chi connectivity index (χ0v) is 17.6. The number of para-hydroxylation sites is 2. The Morgan fingerprint density at radius 2 is 1.71 bits per heavy atom. The smallest absolute Gasteiger partial charge is 0.226 e. The standard InChI is InChI=1S/C25H20ClN3O2/c1-31-21-10-6-5-9-19(21)20-15-22(30)27-25-23(20)24(16-11-13-17(26)14-12-16)28-29(25)18-7-3-2-4-8-18/h2-14,20H,15H2,1H3,(H,27,30)/t20-/m1/s1. The van der Waals surface area contributed by atoms with Crippen LogP contribution in [0.3, 0.4) is 0 Å². The molecule has 6 heteroatoms. The average molecular weight is 430 g/mol. The quantitative estimate of drug-likeness (QED) is 0.454. The molecule has 1 aliphatic rings. The number of anilines is 1. The third kappa shape index (κ3) is 3.47. The number of halogens is 1. The Morgan fingerprint density at radius 3 is 2.45 bits per heavy atom. The molecule has 5 nitrogen and oxygen atoms in total. The van der Waals surface area contributed by atoms with Crippen molar-refractivity contribution >= 4 is 23.3 Å². The van der Waals surface area contributed by atoms with Gasteiger partial charge in [0.05, 0.1) is 18.5 Å². The van der Waals surface area contributed by atoms with E-state index >= 15 is 0 Å². The van der Waals surface area contributed by atoms with Crippen LogP contribution in [-0.2, 0) is 4.79 Å². The lowest BCUT2D eigenvalue weighted by molar-refractivity contribution is -0.116. The van der Waals surface area contributed by atoms with Gasteiger partial charge in [-0.1, -0.05) is 60.1 Å². The molecule has 0 bridgehead atoms. The number of benzene rings is 3. The predicted octanol–water partition coefficient (Wildman–Crippen LogP) is 5.68. The number of methoxy groups -OCH3 is 1. The lowest BCUT2D eigenvalue weighted by Gasteiger charge is -2.26. The molecule has 31 heavy (non-hydrogen) atoms. The Morgan fingerprint density at radius 1 is 1.00 bits per heavy atom. The number of ether oxygens (including phenoxy) is 1. The number of amides is 1. The minimum atomic E-state index is -0.192. The van der Waals surface area contributed by atoms with E-state index in [0.717, 1.165) is 33.8 Å². The molecule has 0 saturated carbocycles. The Kier molecular flexibility index (Phi) is 4.96. The zero-order chi connectivity index (χ0) is 21.4. The Bertz CT molecular complexity index is 1250. The highest BCUT2D eigenvalue weighted by molar-refractivity contribution is 6.30. The first-order valence-electron chi connectivity index (χ1n) is 10.0. The monoisotopic (exact) mass is 429 g/mol. The van der Waals surface area contributed by atoms with E-state index < -0.39 is 0 Å². The molecule has 1 amide bonds. The molecular weight excluding hydrogens is 410 g/mol. The van der Waals surface area contributed by atoms with Crippen molar-refractivity contribution in [2.75, 3.05) is 12.4 Å². The predicted molar refractivity (Wildman–Crippen MR) is 122 cm³/mol. The molecule has 1 aromatic heterocycles. The van der Waals surface area contributed by atoms with Gasteiger partial charge in [0.15, 0.2) is 0 Å². The summed E-state index contributed by atoms with van der Waals surface area (Å²) in [5, 5.41) is 8.67. The van der Waals surface area contributed by atoms with Crippen LogP contribution < -0.4 is 10.1 Å². The van der Waals surface area contributed by atoms with Gasteiger partial charge in [0, 0.05) is 34.1 Å². The van der Waals surface area contributed by atoms with Crippen molar-refractivity contribution in [3.63, 3.8) is 0 Å². The number of carbonyl (C=O) groups is 1. The van der Waals surface area contributed by atoms with Crippen LogP contribution in [0.2, 0.25) is 5.02 Å². The molecule has 3 aromatic carbocycles. The maximum Gasteiger partial charge on any atom is 0.226 e. The van der Waals surface area contributed by atoms with Crippen molar-refractivity contribution < 1.29 is 9.53 Å². The molecule has 0 saturated heterocycles.